The number of nitrogens with one attached hydrogen (secondary N) is 1. The predicted molar refractivity (Wildman–Crippen MR) is 82.1 cm³/mol. The van der Waals surface area contributed by atoms with Crippen LogP contribution in [0.25, 0.3) is 10.6 Å². The molecule has 0 saturated carbocycles. The SMILES string of the molecule is COCCNc1nc(-c2cnc(CC(C)C)s2)cs1. The first-order chi connectivity index (χ1) is 9.19. The summed E-state index contributed by atoms with van der Waals surface area (Å²) in [7, 11) is 1.70. The summed E-state index contributed by atoms with van der Waals surface area (Å²) in [5.74, 6) is 0.640. The molecule has 0 bridgehead atoms. The average molecular weight is 297 g/mol. The van der Waals surface area contributed by atoms with E-state index in [1.807, 2.05) is 6.20 Å². The molecule has 0 atom stereocenters. The molecule has 0 radical (unpaired) electrons. The first-order valence-corrected chi connectivity index (χ1v) is 8.02. The summed E-state index contributed by atoms with van der Waals surface area (Å²) < 4.78 is 5.00. The van der Waals surface area contributed by atoms with E-state index in [4.69, 9.17) is 4.74 Å². The van der Waals surface area contributed by atoms with E-state index in [0.717, 1.165) is 28.7 Å². The van der Waals surface area contributed by atoms with Crippen molar-refractivity contribution in [2.75, 3.05) is 25.6 Å². The molecular weight excluding hydrogens is 278 g/mol. The van der Waals surface area contributed by atoms with Crippen molar-refractivity contribution in [3.8, 4) is 10.6 Å². The van der Waals surface area contributed by atoms with Crippen LogP contribution in [-0.4, -0.2) is 30.2 Å². The lowest BCUT2D eigenvalue weighted by atomic mass is 10.1. The normalized spacial score (nSPS) is 11.2. The summed E-state index contributed by atoms with van der Waals surface area (Å²) in [6, 6.07) is 0. The standard InChI is InChI=1S/C13H19N3OS2/c1-9(2)6-12-15-7-11(19-12)10-8-18-13(16-10)14-4-5-17-3/h7-9H,4-6H2,1-3H3,(H,14,16). The summed E-state index contributed by atoms with van der Waals surface area (Å²) in [6.07, 6.45) is 2.96. The third kappa shape index (κ3) is 4.26. The van der Waals surface area contributed by atoms with E-state index in [-0.39, 0.29) is 0 Å². The minimum Gasteiger partial charge on any atom is -0.383 e. The van der Waals surface area contributed by atoms with Crippen LogP contribution >= 0.6 is 22.7 Å². The summed E-state index contributed by atoms with van der Waals surface area (Å²) >= 11 is 3.36. The van der Waals surface area contributed by atoms with Crippen LogP contribution in [0.3, 0.4) is 0 Å². The zero-order valence-electron chi connectivity index (χ0n) is 11.5. The third-order valence-electron chi connectivity index (χ3n) is 2.48. The Morgan fingerprint density at radius 3 is 3.00 bits per heavy atom. The van der Waals surface area contributed by atoms with Gasteiger partial charge in [-0.05, 0) is 5.92 Å². The van der Waals surface area contributed by atoms with Gasteiger partial charge in [0.05, 0.1) is 22.2 Å². The fourth-order valence-corrected chi connectivity index (χ4v) is 3.50. The van der Waals surface area contributed by atoms with Gasteiger partial charge >= 0.3 is 0 Å². The number of aromatic nitrogens is 2. The number of methoxy groups -OCH3 is 1. The van der Waals surface area contributed by atoms with E-state index < -0.39 is 0 Å². The van der Waals surface area contributed by atoms with Gasteiger partial charge in [0.2, 0.25) is 0 Å². The van der Waals surface area contributed by atoms with Crippen LogP contribution in [0.15, 0.2) is 11.6 Å². The van der Waals surface area contributed by atoms with Gasteiger partial charge in [-0.1, -0.05) is 13.8 Å². The lowest BCUT2D eigenvalue weighted by molar-refractivity contribution is 0.211. The molecule has 1 N–H and O–H groups in total. The summed E-state index contributed by atoms with van der Waals surface area (Å²) in [5.41, 5.74) is 1.01. The van der Waals surface area contributed by atoms with Crippen molar-refractivity contribution in [2.24, 2.45) is 5.92 Å². The van der Waals surface area contributed by atoms with Gasteiger partial charge in [-0.2, -0.15) is 0 Å². The molecule has 2 aromatic rings. The number of hydrogen-bond acceptors (Lipinski definition) is 6. The Morgan fingerprint density at radius 1 is 1.42 bits per heavy atom. The van der Waals surface area contributed by atoms with Crippen molar-refractivity contribution in [1.82, 2.24) is 9.97 Å². The van der Waals surface area contributed by atoms with Gasteiger partial charge in [-0.25, -0.2) is 9.97 Å². The Hall–Kier alpha value is -0.980. The van der Waals surface area contributed by atoms with Gasteiger partial charge < -0.3 is 10.1 Å². The van der Waals surface area contributed by atoms with Gasteiger partial charge in [0, 0.05) is 31.7 Å². The zero-order chi connectivity index (χ0) is 13.7. The van der Waals surface area contributed by atoms with Crippen molar-refractivity contribution in [3.05, 3.63) is 16.6 Å². The van der Waals surface area contributed by atoms with Crippen LogP contribution in [-0.2, 0) is 11.2 Å². The molecule has 0 fully saturated rings. The van der Waals surface area contributed by atoms with Crippen molar-refractivity contribution in [2.45, 2.75) is 20.3 Å². The maximum absolute atomic E-state index is 5.00. The lowest BCUT2D eigenvalue weighted by Gasteiger charge is -1.99. The monoisotopic (exact) mass is 297 g/mol. The van der Waals surface area contributed by atoms with Crippen LogP contribution in [0, 0.1) is 5.92 Å². The van der Waals surface area contributed by atoms with Crippen LogP contribution in [0.2, 0.25) is 0 Å². The molecule has 0 aliphatic rings. The Kier molecular flexibility index (Phi) is 5.30. The third-order valence-corrected chi connectivity index (χ3v) is 4.32. The number of anilines is 1. The molecule has 19 heavy (non-hydrogen) atoms. The Labute approximate surface area is 121 Å². The number of ether oxygens (including phenoxy) is 1. The molecule has 6 heteroatoms. The Bertz CT molecular complexity index is 507. The highest BCUT2D eigenvalue weighted by atomic mass is 32.1. The van der Waals surface area contributed by atoms with Crippen molar-refractivity contribution in [1.29, 1.82) is 0 Å². The Morgan fingerprint density at radius 2 is 2.26 bits per heavy atom. The second-order valence-electron chi connectivity index (χ2n) is 4.67. The van der Waals surface area contributed by atoms with Gasteiger partial charge in [-0.15, -0.1) is 22.7 Å². The summed E-state index contributed by atoms with van der Waals surface area (Å²) in [6.45, 7) is 5.89. The van der Waals surface area contributed by atoms with Crippen molar-refractivity contribution >= 4 is 27.8 Å². The van der Waals surface area contributed by atoms with E-state index in [9.17, 15) is 0 Å². The minimum atomic E-state index is 0.640. The van der Waals surface area contributed by atoms with Gasteiger partial charge in [0.15, 0.2) is 5.13 Å². The van der Waals surface area contributed by atoms with Crippen LogP contribution < -0.4 is 5.32 Å². The highest BCUT2D eigenvalue weighted by molar-refractivity contribution is 7.16. The molecule has 0 saturated heterocycles. The first-order valence-electron chi connectivity index (χ1n) is 6.32. The number of thiazole rings is 2. The van der Waals surface area contributed by atoms with Crippen LogP contribution in [0.1, 0.15) is 18.9 Å². The van der Waals surface area contributed by atoms with Crippen molar-refractivity contribution in [3.63, 3.8) is 0 Å². The zero-order valence-corrected chi connectivity index (χ0v) is 13.1. The Balaban J connectivity index is 1.99. The fraction of sp³-hybridized carbons (Fsp3) is 0.538. The minimum absolute atomic E-state index is 0.640. The molecule has 4 nitrogen and oxygen atoms in total. The molecule has 2 aromatic heterocycles. The summed E-state index contributed by atoms with van der Waals surface area (Å²) in [4.78, 5) is 10.2. The smallest absolute Gasteiger partial charge is 0.183 e. The molecular formula is C13H19N3OS2. The van der Waals surface area contributed by atoms with Crippen LogP contribution in [0.5, 0.6) is 0 Å². The van der Waals surface area contributed by atoms with Gasteiger partial charge in [-0.3, -0.25) is 0 Å². The second kappa shape index (κ2) is 6.98. The average Bonchev–Trinajstić information content (AvgIpc) is 2.97. The van der Waals surface area contributed by atoms with Gasteiger partial charge in [0.1, 0.15) is 0 Å². The second-order valence-corrected chi connectivity index (χ2v) is 6.65. The molecule has 0 spiro atoms. The predicted octanol–water partition coefficient (Wildman–Crippen LogP) is 3.52. The number of rotatable bonds is 7. The molecule has 0 amide bonds. The fourth-order valence-electron chi connectivity index (χ4n) is 1.60. The first kappa shape index (κ1) is 14.4. The van der Waals surface area contributed by atoms with Crippen LogP contribution in [0.4, 0.5) is 5.13 Å². The van der Waals surface area contributed by atoms with E-state index in [1.165, 1.54) is 5.01 Å². The quantitative estimate of drug-likeness (QED) is 0.794. The molecule has 2 heterocycles. The van der Waals surface area contributed by atoms with E-state index in [2.05, 4.69) is 34.5 Å². The number of hydrogen-bond donors (Lipinski definition) is 1. The highest BCUT2D eigenvalue weighted by Crippen LogP contribution is 2.30. The topological polar surface area (TPSA) is 47.0 Å². The lowest BCUT2D eigenvalue weighted by Crippen LogP contribution is -2.06. The molecule has 0 aliphatic carbocycles. The van der Waals surface area contributed by atoms with E-state index >= 15 is 0 Å². The molecule has 2 rings (SSSR count). The number of nitrogens with zero attached hydrogens (tertiary/aromatic N) is 2. The molecule has 104 valence electrons. The maximum atomic E-state index is 5.00. The highest BCUT2D eigenvalue weighted by Gasteiger charge is 2.09. The largest absolute Gasteiger partial charge is 0.383 e. The molecule has 0 unspecified atom stereocenters. The van der Waals surface area contributed by atoms with E-state index in [0.29, 0.717) is 12.5 Å². The van der Waals surface area contributed by atoms with Gasteiger partial charge in [0.25, 0.3) is 0 Å². The molecule has 0 aliphatic heterocycles. The molecule has 0 aromatic carbocycles. The van der Waals surface area contributed by atoms with Crippen molar-refractivity contribution < 1.29 is 4.74 Å². The maximum Gasteiger partial charge on any atom is 0.183 e. The summed E-state index contributed by atoms with van der Waals surface area (Å²) in [5, 5.41) is 7.44. The van der Waals surface area contributed by atoms with E-state index in [1.54, 1.807) is 29.8 Å².